The highest BCUT2D eigenvalue weighted by Crippen LogP contribution is 2.40. The zero-order chi connectivity index (χ0) is 11.6. The quantitative estimate of drug-likeness (QED) is 0.602. The van der Waals surface area contributed by atoms with Crippen LogP contribution in [-0.4, -0.2) is 30.3 Å². The van der Waals surface area contributed by atoms with E-state index in [0.717, 1.165) is 0 Å². The molecule has 8 heteroatoms. The van der Waals surface area contributed by atoms with Crippen LogP contribution in [0.1, 0.15) is 5.69 Å². The Hall–Kier alpha value is -0.820. The number of aromatic nitrogens is 1. The fraction of sp³-hybridized carbons (Fsp3) is 0.429. The monoisotopic (exact) mass is 257 g/mol. The Morgan fingerprint density at radius 1 is 1.47 bits per heavy atom. The molecule has 0 unspecified atom stereocenters. The first-order chi connectivity index (χ1) is 6.80. The first-order valence-corrected chi connectivity index (χ1v) is 4.94. The van der Waals surface area contributed by atoms with E-state index in [0.29, 0.717) is 11.3 Å². The van der Waals surface area contributed by atoms with E-state index in [4.69, 9.17) is 11.6 Å². The van der Waals surface area contributed by atoms with Crippen LogP contribution >= 0.6 is 22.9 Å². The van der Waals surface area contributed by atoms with Crippen molar-refractivity contribution < 1.29 is 13.2 Å². The van der Waals surface area contributed by atoms with Gasteiger partial charge in [0.1, 0.15) is 0 Å². The molecule has 0 bridgehead atoms. The van der Waals surface area contributed by atoms with Crippen molar-refractivity contribution in [2.24, 2.45) is 4.99 Å². The molecule has 0 atom stereocenters. The molecule has 84 valence electrons. The Morgan fingerprint density at radius 3 is 2.53 bits per heavy atom. The van der Waals surface area contributed by atoms with Crippen molar-refractivity contribution >= 4 is 34.3 Å². The highest BCUT2D eigenvalue weighted by Gasteiger charge is 2.37. The van der Waals surface area contributed by atoms with E-state index < -0.39 is 11.9 Å². The molecule has 0 fully saturated rings. The molecule has 0 radical (unpaired) electrons. The molecular formula is C7H7ClF3N3S. The largest absolute Gasteiger partial charge is 0.436 e. The zero-order valence-corrected chi connectivity index (χ0v) is 9.41. The predicted molar refractivity (Wildman–Crippen MR) is 54.0 cm³/mol. The van der Waals surface area contributed by atoms with Crippen LogP contribution in [0, 0.1) is 0 Å². The number of nitrogens with zero attached hydrogens (tertiary/aromatic N) is 3. The summed E-state index contributed by atoms with van der Waals surface area (Å²) in [5.74, 6) is 0. The van der Waals surface area contributed by atoms with E-state index in [1.54, 1.807) is 14.1 Å². The molecule has 0 N–H and O–H groups in total. The average Bonchev–Trinajstić information content (AvgIpc) is 2.42. The van der Waals surface area contributed by atoms with Gasteiger partial charge in [0, 0.05) is 14.1 Å². The van der Waals surface area contributed by atoms with Gasteiger partial charge in [0.15, 0.2) is 15.2 Å². The van der Waals surface area contributed by atoms with Crippen LogP contribution in [-0.2, 0) is 6.18 Å². The average molecular weight is 258 g/mol. The minimum absolute atomic E-state index is 0.173. The lowest BCUT2D eigenvalue weighted by atomic mass is 10.4. The van der Waals surface area contributed by atoms with Crippen LogP contribution in [0.25, 0.3) is 0 Å². The molecule has 3 nitrogen and oxygen atoms in total. The van der Waals surface area contributed by atoms with E-state index in [9.17, 15) is 13.2 Å². The van der Waals surface area contributed by atoms with E-state index in [1.165, 1.54) is 11.2 Å². The maximum atomic E-state index is 12.4. The van der Waals surface area contributed by atoms with Crippen LogP contribution in [0.5, 0.6) is 0 Å². The molecule has 0 amide bonds. The minimum atomic E-state index is -4.53. The predicted octanol–water partition coefficient (Wildman–Crippen LogP) is 3.04. The van der Waals surface area contributed by atoms with Gasteiger partial charge in [-0.2, -0.15) is 13.2 Å². The third-order valence-electron chi connectivity index (χ3n) is 1.26. The summed E-state index contributed by atoms with van der Waals surface area (Å²) in [6.45, 7) is 0. The van der Waals surface area contributed by atoms with Gasteiger partial charge >= 0.3 is 6.18 Å². The topological polar surface area (TPSA) is 28.5 Å². The van der Waals surface area contributed by atoms with Gasteiger partial charge in [0.05, 0.1) is 6.34 Å². The lowest BCUT2D eigenvalue weighted by Gasteiger charge is -2.04. The summed E-state index contributed by atoms with van der Waals surface area (Å²) in [5.41, 5.74) is -1.05. The molecule has 1 rings (SSSR count). The number of rotatable bonds is 2. The van der Waals surface area contributed by atoms with Crippen molar-refractivity contribution in [2.45, 2.75) is 6.18 Å². The maximum absolute atomic E-state index is 12.4. The number of hydrogen-bond acceptors (Lipinski definition) is 3. The van der Waals surface area contributed by atoms with Crippen molar-refractivity contribution in [3.05, 3.63) is 10.2 Å². The molecule has 0 saturated carbocycles. The lowest BCUT2D eigenvalue weighted by Crippen LogP contribution is -2.08. The summed E-state index contributed by atoms with van der Waals surface area (Å²) in [6.07, 6.45) is -3.26. The van der Waals surface area contributed by atoms with E-state index in [-0.39, 0.29) is 9.47 Å². The van der Waals surface area contributed by atoms with Gasteiger partial charge in [0.2, 0.25) is 0 Å². The van der Waals surface area contributed by atoms with Crippen molar-refractivity contribution in [2.75, 3.05) is 14.1 Å². The van der Waals surface area contributed by atoms with Crippen molar-refractivity contribution in [3.63, 3.8) is 0 Å². The van der Waals surface area contributed by atoms with Crippen molar-refractivity contribution in [3.8, 4) is 0 Å². The Morgan fingerprint density at radius 2 is 2.07 bits per heavy atom. The van der Waals surface area contributed by atoms with Crippen LogP contribution in [0.4, 0.5) is 18.2 Å². The van der Waals surface area contributed by atoms with Gasteiger partial charge in [0.25, 0.3) is 0 Å². The highest BCUT2D eigenvalue weighted by atomic mass is 35.5. The van der Waals surface area contributed by atoms with Gasteiger partial charge in [-0.25, -0.2) is 9.98 Å². The van der Waals surface area contributed by atoms with Gasteiger partial charge in [-0.3, -0.25) is 0 Å². The third-order valence-corrected chi connectivity index (χ3v) is 2.33. The van der Waals surface area contributed by atoms with E-state index in [1.807, 2.05) is 0 Å². The molecule has 0 aromatic carbocycles. The SMILES string of the molecule is CN(C)/C=N/c1sc(Cl)nc1C(F)(F)F. The first kappa shape index (κ1) is 12.3. The normalized spacial score (nSPS) is 12.4. The molecule has 0 aliphatic heterocycles. The smallest absolute Gasteiger partial charge is 0.369 e. The number of hydrogen-bond donors (Lipinski definition) is 0. The van der Waals surface area contributed by atoms with Gasteiger partial charge in [-0.15, -0.1) is 0 Å². The van der Waals surface area contributed by atoms with E-state index >= 15 is 0 Å². The molecule has 15 heavy (non-hydrogen) atoms. The summed E-state index contributed by atoms with van der Waals surface area (Å²) < 4.78 is 37.0. The summed E-state index contributed by atoms with van der Waals surface area (Å²) in [4.78, 5) is 8.35. The van der Waals surface area contributed by atoms with Gasteiger partial charge in [-0.05, 0) is 0 Å². The second-order valence-corrected chi connectivity index (χ2v) is 4.39. The van der Waals surface area contributed by atoms with Crippen molar-refractivity contribution in [1.82, 2.24) is 9.88 Å². The molecule has 1 heterocycles. The Balaban J connectivity index is 3.07. The highest BCUT2D eigenvalue weighted by molar-refractivity contribution is 7.19. The molecule has 1 aromatic rings. The van der Waals surface area contributed by atoms with Crippen molar-refractivity contribution in [1.29, 1.82) is 0 Å². The molecule has 0 saturated heterocycles. The summed E-state index contributed by atoms with van der Waals surface area (Å²) in [6, 6.07) is 0. The fourth-order valence-electron chi connectivity index (χ4n) is 0.727. The number of halogens is 4. The van der Waals surface area contributed by atoms with Gasteiger partial charge < -0.3 is 4.90 Å². The summed E-state index contributed by atoms with van der Waals surface area (Å²) in [7, 11) is 3.30. The summed E-state index contributed by atoms with van der Waals surface area (Å²) >= 11 is 6.10. The minimum Gasteiger partial charge on any atom is -0.369 e. The van der Waals surface area contributed by atoms with Crippen LogP contribution in [0.15, 0.2) is 4.99 Å². The number of aliphatic imine (C=N–C) groups is 1. The second kappa shape index (κ2) is 4.36. The molecule has 0 spiro atoms. The second-order valence-electron chi connectivity index (χ2n) is 2.83. The Kier molecular flexibility index (Phi) is 3.56. The van der Waals surface area contributed by atoms with Crippen LogP contribution in [0.2, 0.25) is 4.47 Å². The zero-order valence-electron chi connectivity index (χ0n) is 7.84. The molecular weight excluding hydrogens is 251 g/mol. The molecule has 1 aromatic heterocycles. The molecule has 0 aliphatic rings. The Labute approximate surface area is 93.2 Å². The van der Waals surface area contributed by atoms with Crippen LogP contribution in [0.3, 0.4) is 0 Å². The lowest BCUT2D eigenvalue weighted by molar-refractivity contribution is -0.140. The third kappa shape index (κ3) is 3.35. The Bertz CT molecular complexity index is 372. The standard InChI is InChI=1S/C7H7ClF3N3S/c1-14(2)3-12-5-4(7(9,10)11)13-6(8)15-5/h3H,1-2H3/b12-3+. The number of alkyl halides is 3. The number of thiazole rings is 1. The fourth-order valence-corrected chi connectivity index (χ4v) is 1.68. The van der Waals surface area contributed by atoms with Gasteiger partial charge in [-0.1, -0.05) is 22.9 Å². The summed E-state index contributed by atoms with van der Waals surface area (Å²) in [5, 5.41) is -0.235. The van der Waals surface area contributed by atoms with E-state index in [2.05, 4.69) is 9.98 Å². The van der Waals surface area contributed by atoms with Crippen LogP contribution < -0.4 is 0 Å². The first-order valence-electron chi connectivity index (χ1n) is 3.75. The maximum Gasteiger partial charge on any atom is 0.436 e. The molecule has 0 aliphatic carbocycles.